The van der Waals surface area contributed by atoms with Gasteiger partial charge in [-0.05, 0) is 62.4 Å². The van der Waals surface area contributed by atoms with E-state index in [-0.39, 0.29) is 17.6 Å². The minimum atomic E-state index is -0.179. The highest BCUT2D eigenvalue weighted by Gasteiger charge is 2.40. The molecule has 0 bridgehead atoms. The number of benzene rings is 2. The van der Waals surface area contributed by atoms with Crippen molar-refractivity contribution in [2.24, 2.45) is 0 Å². The Labute approximate surface area is 172 Å². The second-order valence-corrected chi connectivity index (χ2v) is 7.87. The molecule has 2 aromatic rings. The molecule has 150 valence electrons. The van der Waals surface area contributed by atoms with Crippen molar-refractivity contribution in [3.05, 3.63) is 70.4 Å². The molecule has 1 heterocycles. The van der Waals surface area contributed by atoms with Crippen LogP contribution in [-0.2, 0) is 9.59 Å². The lowest BCUT2D eigenvalue weighted by Gasteiger charge is -2.39. The average molecular weight is 389 g/mol. The molecule has 4 rings (SSSR count). The van der Waals surface area contributed by atoms with Gasteiger partial charge in [-0.2, -0.15) is 0 Å². The standard InChI is InChI=1S/C25H27NO3/c1-4-29-19-13-11-18(12-14-19)20-15-23(28)26(21-9-6-10-22(27)24(20)21)25-16(2)7-5-8-17(25)3/h5,7-8,11-14,20H,4,6,9-10,15H2,1-3H3. The van der Waals surface area contributed by atoms with Crippen LogP contribution in [0.15, 0.2) is 53.7 Å². The van der Waals surface area contributed by atoms with E-state index >= 15 is 0 Å². The molecule has 4 heteroatoms. The fourth-order valence-corrected chi connectivity index (χ4v) is 4.66. The van der Waals surface area contributed by atoms with Crippen LogP contribution in [0.1, 0.15) is 55.2 Å². The molecule has 4 nitrogen and oxygen atoms in total. The van der Waals surface area contributed by atoms with Gasteiger partial charge in [-0.3, -0.25) is 14.5 Å². The number of carbonyl (C=O) groups is 2. The van der Waals surface area contributed by atoms with Gasteiger partial charge in [0.15, 0.2) is 5.78 Å². The summed E-state index contributed by atoms with van der Waals surface area (Å²) in [5, 5.41) is 0. The van der Waals surface area contributed by atoms with Gasteiger partial charge in [0, 0.05) is 30.0 Å². The second kappa shape index (κ2) is 7.86. The third-order valence-corrected chi connectivity index (χ3v) is 5.93. The molecule has 0 spiro atoms. The van der Waals surface area contributed by atoms with Crippen LogP contribution in [0.4, 0.5) is 5.69 Å². The summed E-state index contributed by atoms with van der Waals surface area (Å²) in [6.07, 6.45) is 2.42. The third-order valence-electron chi connectivity index (χ3n) is 5.93. The summed E-state index contributed by atoms with van der Waals surface area (Å²) in [5.74, 6) is 0.866. The zero-order valence-corrected chi connectivity index (χ0v) is 17.3. The van der Waals surface area contributed by atoms with Crippen molar-refractivity contribution >= 4 is 17.4 Å². The van der Waals surface area contributed by atoms with E-state index in [0.29, 0.717) is 19.4 Å². The van der Waals surface area contributed by atoms with Gasteiger partial charge in [-0.1, -0.05) is 30.3 Å². The first-order valence-corrected chi connectivity index (χ1v) is 10.4. The van der Waals surface area contributed by atoms with Crippen LogP contribution in [0.3, 0.4) is 0 Å². The number of hydrogen-bond donors (Lipinski definition) is 0. The smallest absolute Gasteiger partial charge is 0.232 e. The number of ether oxygens (including phenoxy) is 1. The van der Waals surface area contributed by atoms with Crippen LogP contribution in [0.5, 0.6) is 5.75 Å². The molecule has 29 heavy (non-hydrogen) atoms. The Morgan fingerprint density at radius 1 is 1.00 bits per heavy atom. The summed E-state index contributed by atoms with van der Waals surface area (Å²) in [5.41, 5.74) is 5.78. The molecule has 2 aliphatic rings. The zero-order chi connectivity index (χ0) is 20.5. The number of carbonyl (C=O) groups excluding carboxylic acids is 2. The number of aryl methyl sites for hydroxylation is 2. The Kier molecular flexibility index (Phi) is 5.27. The third kappa shape index (κ3) is 3.48. The van der Waals surface area contributed by atoms with Crippen LogP contribution >= 0.6 is 0 Å². The molecule has 0 saturated carbocycles. The number of amides is 1. The molecular formula is C25H27NO3. The zero-order valence-electron chi connectivity index (χ0n) is 17.3. The van der Waals surface area contributed by atoms with Gasteiger partial charge in [0.2, 0.25) is 5.91 Å². The molecule has 0 aromatic heterocycles. The van der Waals surface area contributed by atoms with Gasteiger partial charge in [-0.25, -0.2) is 0 Å². The summed E-state index contributed by atoms with van der Waals surface area (Å²) in [6, 6.07) is 13.9. The van der Waals surface area contributed by atoms with Gasteiger partial charge in [-0.15, -0.1) is 0 Å². The van der Waals surface area contributed by atoms with E-state index in [4.69, 9.17) is 4.74 Å². The number of para-hydroxylation sites is 1. The first-order chi connectivity index (χ1) is 14.0. The monoisotopic (exact) mass is 389 g/mol. The van der Waals surface area contributed by atoms with Crippen molar-refractivity contribution in [1.29, 1.82) is 0 Å². The van der Waals surface area contributed by atoms with E-state index < -0.39 is 0 Å². The molecular weight excluding hydrogens is 362 g/mol. The highest BCUT2D eigenvalue weighted by molar-refractivity contribution is 6.08. The van der Waals surface area contributed by atoms with Gasteiger partial charge < -0.3 is 4.74 Å². The van der Waals surface area contributed by atoms with Crippen molar-refractivity contribution in [3.63, 3.8) is 0 Å². The van der Waals surface area contributed by atoms with Crippen LogP contribution in [-0.4, -0.2) is 18.3 Å². The number of hydrogen-bond acceptors (Lipinski definition) is 3. The lowest BCUT2D eigenvalue weighted by atomic mass is 9.77. The Morgan fingerprint density at radius 2 is 1.69 bits per heavy atom. The maximum atomic E-state index is 13.4. The molecule has 0 saturated heterocycles. The number of rotatable bonds is 4. The van der Waals surface area contributed by atoms with Crippen LogP contribution < -0.4 is 9.64 Å². The fourth-order valence-electron chi connectivity index (χ4n) is 4.66. The lowest BCUT2D eigenvalue weighted by molar-refractivity contribution is -0.119. The van der Waals surface area contributed by atoms with Gasteiger partial charge in [0.05, 0.1) is 12.3 Å². The maximum Gasteiger partial charge on any atom is 0.232 e. The molecule has 1 aliphatic heterocycles. The van der Waals surface area contributed by atoms with Crippen molar-refractivity contribution in [2.75, 3.05) is 11.5 Å². The highest BCUT2D eigenvalue weighted by Crippen LogP contribution is 2.44. The van der Waals surface area contributed by atoms with E-state index in [2.05, 4.69) is 0 Å². The number of Topliss-reactive ketones (excluding diaryl/α,β-unsaturated/α-hetero) is 1. The van der Waals surface area contributed by atoms with Crippen LogP contribution in [0.25, 0.3) is 0 Å². The number of anilines is 1. The molecule has 1 unspecified atom stereocenters. The summed E-state index contributed by atoms with van der Waals surface area (Å²) in [6.45, 7) is 6.62. The van der Waals surface area contributed by atoms with Gasteiger partial charge in [0.1, 0.15) is 5.75 Å². The second-order valence-electron chi connectivity index (χ2n) is 7.87. The molecule has 0 radical (unpaired) electrons. The Bertz CT molecular complexity index is 967. The first kappa shape index (κ1) is 19.4. The minimum Gasteiger partial charge on any atom is -0.494 e. The van der Waals surface area contributed by atoms with Gasteiger partial charge >= 0.3 is 0 Å². The van der Waals surface area contributed by atoms with E-state index in [0.717, 1.165) is 52.2 Å². The lowest BCUT2D eigenvalue weighted by Crippen LogP contribution is -2.41. The van der Waals surface area contributed by atoms with E-state index in [1.165, 1.54) is 0 Å². The number of nitrogens with zero attached hydrogens (tertiary/aromatic N) is 1. The number of ketones is 1. The summed E-state index contributed by atoms with van der Waals surface area (Å²) in [4.78, 5) is 28.2. The normalized spacial score (nSPS) is 19.4. The van der Waals surface area contributed by atoms with E-state index in [1.807, 2.05) is 68.1 Å². The molecule has 1 atom stereocenters. The Balaban J connectivity index is 1.83. The van der Waals surface area contributed by atoms with Crippen molar-refractivity contribution in [2.45, 2.75) is 52.4 Å². The predicted molar refractivity (Wildman–Crippen MR) is 114 cm³/mol. The van der Waals surface area contributed by atoms with Crippen molar-refractivity contribution in [3.8, 4) is 5.75 Å². The molecule has 1 aliphatic carbocycles. The molecule has 2 aromatic carbocycles. The SMILES string of the molecule is CCOc1ccc(C2CC(=O)N(c3c(C)cccc3C)C3=C2C(=O)CCC3)cc1. The number of allylic oxidation sites excluding steroid dienone is 2. The molecule has 1 amide bonds. The first-order valence-electron chi connectivity index (χ1n) is 10.4. The fraction of sp³-hybridized carbons (Fsp3) is 0.360. The van der Waals surface area contributed by atoms with Crippen molar-refractivity contribution < 1.29 is 14.3 Å². The van der Waals surface area contributed by atoms with E-state index in [9.17, 15) is 9.59 Å². The predicted octanol–water partition coefficient (Wildman–Crippen LogP) is 5.23. The summed E-state index contributed by atoms with van der Waals surface area (Å²) in [7, 11) is 0. The van der Waals surface area contributed by atoms with Crippen LogP contribution in [0, 0.1) is 13.8 Å². The quantitative estimate of drug-likeness (QED) is 0.719. The Morgan fingerprint density at radius 3 is 2.34 bits per heavy atom. The minimum absolute atomic E-state index is 0.0646. The van der Waals surface area contributed by atoms with Gasteiger partial charge in [0.25, 0.3) is 0 Å². The Hall–Kier alpha value is -2.88. The molecule has 0 N–H and O–H groups in total. The summed E-state index contributed by atoms with van der Waals surface area (Å²) < 4.78 is 5.54. The van der Waals surface area contributed by atoms with E-state index in [1.54, 1.807) is 0 Å². The average Bonchev–Trinajstić information content (AvgIpc) is 2.70. The van der Waals surface area contributed by atoms with Crippen LogP contribution in [0.2, 0.25) is 0 Å². The molecule has 0 fully saturated rings. The van der Waals surface area contributed by atoms with Crippen molar-refractivity contribution in [1.82, 2.24) is 0 Å². The highest BCUT2D eigenvalue weighted by atomic mass is 16.5. The maximum absolute atomic E-state index is 13.4. The largest absolute Gasteiger partial charge is 0.494 e. The topological polar surface area (TPSA) is 46.6 Å². The summed E-state index contributed by atoms with van der Waals surface area (Å²) >= 11 is 0.